The van der Waals surface area contributed by atoms with E-state index in [9.17, 15) is 14.4 Å². The third-order valence-corrected chi connectivity index (χ3v) is 8.36. The van der Waals surface area contributed by atoms with Gasteiger partial charge in [0.1, 0.15) is 35.5 Å². The Morgan fingerprint density at radius 1 is 0.917 bits per heavy atom. The molecule has 1 saturated heterocycles. The summed E-state index contributed by atoms with van der Waals surface area (Å²) in [7, 11) is 1.62. The lowest BCUT2D eigenvalue weighted by molar-refractivity contribution is -0.136. The average molecular weight is 648 g/mol. The van der Waals surface area contributed by atoms with Gasteiger partial charge < -0.3 is 28.8 Å². The number of carbonyl (C=O) groups is 3. The number of anilines is 1. The van der Waals surface area contributed by atoms with E-state index in [0.717, 1.165) is 39.3 Å². The highest BCUT2D eigenvalue weighted by Crippen LogP contribution is 2.31. The van der Waals surface area contributed by atoms with Crippen LogP contribution in [0.15, 0.2) is 83.4 Å². The van der Waals surface area contributed by atoms with Crippen LogP contribution in [-0.2, 0) is 20.9 Å². The molecule has 7 rings (SSSR count). The summed E-state index contributed by atoms with van der Waals surface area (Å²) in [6.07, 6.45) is 2.32. The molecule has 0 radical (unpaired) electrons. The molecule has 48 heavy (non-hydrogen) atoms. The summed E-state index contributed by atoms with van der Waals surface area (Å²) in [6.45, 7) is 2.05. The minimum absolute atomic E-state index is 0.210. The number of amides is 3. The lowest BCUT2D eigenvalue weighted by Crippen LogP contribution is -2.52. The maximum Gasteiger partial charge on any atom is 0.255 e. The van der Waals surface area contributed by atoms with Gasteiger partial charge in [-0.1, -0.05) is 12.1 Å². The van der Waals surface area contributed by atoms with Gasteiger partial charge in [0.25, 0.3) is 5.91 Å². The number of nitrogens with zero attached hydrogens (tertiary/aromatic N) is 3. The van der Waals surface area contributed by atoms with E-state index in [1.165, 1.54) is 4.90 Å². The Labute approximate surface area is 276 Å². The number of carbonyl (C=O) groups excluding carboxylic acids is 3. The van der Waals surface area contributed by atoms with Crippen LogP contribution in [0, 0.1) is 0 Å². The quantitative estimate of drug-likeness (QED) is 0.143. The third-order valence-electron chi connectivity index (χ3n) is 8.36. The molecule has 0 spiro atoms. The largest absolute Gasteiger partial charge is 0.497 e. The molecule has 0 aliphatic carbocycles. The Balaban J connectivity index is 0.852. The van der Waals surface area contributed by atoms with E-state index in [2.05, 4.69) is 20.6 Å². The van der Waals surface area contributed by atoms with E-state index >= 15 is 0 Å². The van der Waals surface area contributed by atoms with Crippen LogP contribution < -0.4 is 20.1 Å². The second kappa shape index (κ2) is 13.5. The van der Waals surface area contributed by atoms with Gasteiger partial charge in [0, 0.05) is 42.9 Å². The summed E-state index contributed by atoms with van der Waals surface area (Å²) in [6, 6.07) is 22.2. The van der Waals surface area contributed by atoms with Crippen molar-refractivity contribution >= 4 is 34.6 Å². The Morgan fingerprint density at radius 2 is 1.75 bits per heavy atom. The summed E-state index contributed by atoms with van der Waals surface area (Å²) >= 11 is 0. The minimum Gasteiger partial charge on any atom is -0.497 e. The molecule has 3 amide bonds. The molecular formula is C36H33N5O7. The highest BCUT2D eigenvalue weighted by Gasteiger charge is 2.39. The van der Waals surface area contributed by atoms with Crippen LogP contribution >= 0.6 is 0 Å². The molecule has 244 valence electrons. The summed E-state index contributed by atoms with van der Waals surface area (Å²) in [5, 5.41) is 5.62. The number of pyridine rings is 1. The minimum atomic E-state index is -0.642. The van der Waals surface area contributed by atoms with Crippen molar-refractivity contribution in [2.24, 2.45) is 0 Å². The Kier molecular flexibility index (Phi) is 8.71. The zero-order valence-corrected chi connectivity index (χ0v) is 26.2. The number of rotatable bonds is 12. The van der Waals surface area contributed by atoms with Crippen molar-refractivity contribution < 1.29 is 33.0 Å². The van der Waals surface area contributed by atoms with Gasteiger partial charge in [-0.15, -0.1) is 0 Å². The Hall–Kier alpha value is -5.75. The predicted octanol–water partition coefficient (Wildman–Crippen LogP) is 4.83. The molecule has 1 unspecified atom stereocenters. The third kappa shape index (κ3) is 6.56. The molecule has 12 nitrogen and oxygen atoms in total. The first-order valence-corrected chi connectivity index (χ1v) is 15.7. The highest BCUT2D eigenvalue weighted by atomic mass is 16.5. The molecule has 2 aliphatic rings. The van der Waals surface area contributed by atoms with Gasteiger partial charge in [-0.25, -0.2) is 9.97 Å². The lowest BCUT2D eigenvalue weighted by Gasteiger charge is -2.29. The summed E-state index contributed by atoms with van der Waals surface area (Å²) < 4.78 is 22.8. The zero-order valence-electron chi connectivity index (χ0n) is 26.2. The summed E-state index contributed by atoms with van der Waals surface area (Å²) in [4.78, 5) is 47.2. The number of ether oxygens (including phenoxy) is 3. The highest BCUT2D eigenvalue weighted by molar-refractivity contribution is 6.05. The number of hydrogen-bond donors (Lipinski definition) is 2. The molecule has 12 heteroatoms. The molecule has 1 atom stereocenters. The zero-order chi connectivity index (χ0) is 33.0. The van der Waals surface area contributed by atoms with Crippen LogP contribution in [0.4, 0.5) is 5.82 Å². The number of fused-ring (bicyclic) bond motifs is 2. The second-order valence-electron chi connectivity index (χ2n) is 11.5. The molecule has 0 saturated carbocycles. The maximum atomic E-state index is 12.9. The number of benzene rings is 3. The fraction of sp³-hybridized carbons (Fsp3) is 0.250. The standard InChI is InChI=1S/C36H33N5O7/c1-45-26-7-9-29-31(20-26)48-35(39-29)23-4-2-22(3-5-23)24-12-13-37-32(19-24)38-14-15-46-16-17-47-27-6-8-28-25(18-27)21-41(36(28)44)30-10-11-33(42)40-34(30)43/h2-9,12-13,18-20,30H,10-11,14-17,21H2,1H3,(H,37,38)(H,40,42,43). The number of imide groups is 1. The fourth-order valence-corrected chi connectivity index (χ4v) is 5.88. The van der Waals surface area contributed by atoms with Crippen molar-refractivity contribution in [3.8, 4) is 34.1 Å². The van der Waals surface area contributed by atoms with Gasteiger partial charge in [-0.05, 0) is 77.7 Å². The van der Waals surface area contributed by atoms with Crippen LogP contribution in [0.1, 0.15) is 28.8 Å². The van der Waals surface area contributed by atoms with Crippen molar-refractivity contribution in [1.29, 1.82) is 0 Å². The first-order chi connectivity index (χ1) is 23.4. The summed E-state index contributed by atoms with van der Waals surface area (Å²) in [5.74, 6) is 1.69. The number of hydrogen-bond acceptors (Lipinski definition) is 10. The topological polar surface area (TPSA) is 145 Å². The van der Waals surface area contributed by atoms with Gasteiger partial charge in [0.15, 0.2) is 5.58 Å². The van der Waals surface area contributed by atoms with E-state index in [1.807, 2.05) is 60.7 Å². The summed E-state index contributed by atoms with van der Waals surface area (Å²) in [5.41, 5.74) is 5.73. The van der Waals surface area contributed by atoms with Gasteiger partial charge in [0.05, 0.1) is 20.3 Å². The van der Waals surface area contributed by atoms with Crippen LogP contribution in [0.25, 0.3) is 33.7 Å². The average Bonchev–Trinajstić information content (AvgIpc) is 3.68. The van der Waals surface area contributed by atoms with Gasteiger partial charge in [-0.2, -0.15) is 0 Å². The Morgan fingerprint density at radius 3 is 2.58 bits per heavy atom. The van der Waals surface area contributed by atoms with Crippen LogP contribution in [0.5, 0.6) is 11.5 Å². The van der Waals surface area contributed by atoms with Crippen molar-refractivity contribution in [3.05, 3.63) is 90.1 Å². The molecule has 4 heterocycles. The van der Waals surface area contributed by atoms with Crippen molar-refractivity contribution in [1.82, 2.24) is 20.2 Å². The molecule has 3 aromatic carbocycles. The smallest absolute Gasteiger partial charge is 0.255 e. The van der Waals surface area contributed by atoms with Gasteiger partial charge >= 0.3 is 0 Å². The molecule has 2 aliphatic heterocycles. The monoisotopic (exact) mass is 647 g/mol. The first kappa shape index (κ1) is 30.9. The van der Waals surface area contributed by atoms with Crippen LogP contribution in [-0.4, -0.2) is 72.1 Å². The van der Waals surface area contributed by atoms with E-state index in [1.54, 1.807) is 25.4 Å². The SMILES string of the molecule is COc1ccc2nc(-c3ccc(-c4ccnc(NCCOCCOc5ccc6c(c5)CN(C5CCC(=O)NC5=O)C6=O)c4)cc3)oc2c1. The number of nitrogens with one attached hydrogen (secondary N) is 2. The molecule has 5 aromatic rings. The Bertz CT molecular complexity index is 1990. The number of piperidine rings is 1. The molecular weight excluding hydrogens is 614 g/mol. The number of oxazole rings is 1. The van der Waals surface area contributed by atoms with E-state index in [0.29, 0.717) is 62.1 Å². The molecule has 1 fully saturated rings. The van der Waals surface area contributed by atoms with E-state index in [4.69, 9.17) is 18.6 Å². The number of methoxy groups -OCH3 is 1. The van der Waals surface area contributed by atoms with Crippen molar-refractivity contribution in [2.45, 2.75) is 25.4 Å². The van der Waals surface area contributed by atoms with Crippen LogP contribution in [0.3, 0.4) is 0 Å². The van der Waals surface area contributed by atoms with E-state index in [-0.39, 0.29) is 18.2 Å². The van der Waals surface area contributed by atoms with Crippen molar-refractivity contribution in [2.75, 3.05) is 38.8 Å². The van der Waals surface area contributed by atoms with E-state index < -0.39 is 11.9 Å². The van der Waals surface area contributed by atoms with Crippen molar-refractivity contribution in [3.63, 3.8) is 0 Å². The van der Waals surface area contributed by atoms with Crippen LogP contribution in [0.2, 0.25) is 0 Å². The van der Waals surface area contributed by atoms with Gasteiger partial charge in [0.2, 0.25) is 17.7 Å². The number of aromatic nitrogens is 2. The normalized spacial score (nSPS) is 15.8. The fourth-order valence-electron chi connectivity index (χ4n) is 5.88. The lowest BCUT2D eigenvalue weighted by atomic mass is 10.0. The molecule has 0 bridgehead atoms. The molecule has 2 N–H and O–H groups in total. The predicted molar refractivity (Wildman–Crippen MR) is 177 cm³/mol. The first-order valence-electron chi connectivity index (χ1n) is 15.7. The second-order valence-corrected chi connectivity index (χ2v) is 11.5. The molecule has 2 aromatic heterocycles. The maximum absolute atomic E-state index is 12.9. The van der Waals surface area contributed by atoms with Gasteiger partial charge in [-0.3, -0.25) is 19.7 Å².